The van der Waals surface area contributed by atoms with E-state index in [0.29, 0.717) is 5.56 Å². The molecule has 0 atom stereocenters. The van der Waals surface area contributed by atoms with E-state index in [2.05, 4.69) is 5.32 Å². The topological polar surface area (TPSA) is 55.4 Å². The van der Waals surface area contributed by atoms with Crippen LogP contribution in [0, 0.1) is 5.41 Å². The predicted octanol–water partition coefficient (Wildman–Crippen LogP) is 2.30. The van der Waals surface area contributed by atoms with Crippen molar-refractivity contribution in [3.63, 3.8) is 0 Å². The molecule has 4 nitrogen and oxygen atoms in total. The van der Waals surface area contributed by atoms with Crippen molar-refractivity contribution in [2.45, 2.75) is 17.7 Å². The highest BCUT2D eigenvalue weighted by Crippen LogP contribution is 2.53. The van der Waals surface area contributed by atoms with Gasteiger partial charge in [-0.15, -0.1) is 11.8 Å². The lowest BCUT2D eigenvalue weighted by molar-refractivity contribution is -0.120. The molecule has 1 amide bonds. The van der Waals surface area contributed by atoms with Gasteiger partial charge in [-0.05, 0) is 25.0 Å². The number of anilines is 1. The molecule has 3 rings (SSSR count). The Morgan fingerprint density at radius 2 is 2.22 bits per heavy atom. The number of hydrogen-bond acceptors (Lipinski definition) is 4. The number of carbonyl (C=O) groups excluding carboxylic acids is 2. The number of esters is 1. The van der Waals surface area contributed by atoms with Crippen LogP contribution >= 0.6 is 11.8 Å². The fraction of sp³-hybridized carbons (Fsp3) is 0.385. The molecule has 0 unspecified atom stereocenters. The van der Waals surface area contributed by atoms with Crippen molar-refractivity contribution < 1.29 is 14.3 Å². The molecular weight excluding hydrogens is 250 g/mol. The number of rotatable bonds is 1. The molecule has 1 aromatic carbocycles. The first-order valence-electron chi connectivity index (χ1n) is 5.82. The average molecular weight is 263 g/mol. The molecular formula is C13H13NO3S. The van der Waals surface area contributed by atoms with Crippen LogP contribution in [0.4, 0.5) is 5.69 Å². The summed E-state index contributed by atoms with van der Waals surface area (Å²) in [6, 6.07) is 5.32. The summed E-state index contributed by atoms with van der Waals surface area (Å²) in [4.78, 5) is 24.6. The van der Waals surface area contributed by atoms with E-state index in [1.165, 1.54) is 7.11 Å². The van der Waals surface area contributed by atoms with Gasteiger partial charge in [-0.25, -0.2) is 4.79 Å². The number of amides is 1. The highest BCUT2D eigenvalue weighted by molar-refractivity contribution is 7.99. The van der Waals surface area contributed by atoms with Crippen LogP contribution < -0.4 is 5.32 Å². The largest absolute Gasteiger partial charge is 0.465 e. The molecule has 1 spiro atoms. The lowest BCUT2D eigenvalue weighted by Gasteiger charge is -2.09. The van der Waals surface area contributed by atoms with Crippen molar-refractivity contribution in [3.8, 4) is 0 Å². The number of nitrogens with one attached hydrogen (secondary N) is 1. The fourth-order valence-corrected chi connectivity index (χ4v) is 3.54. The summed E-state index contributed by atoms with van der Waals surface area (Å²) in [6.45, 7) is 0. The van der Waals surface area contributed by atoms with Gasteiger partial charge in [0.1, 0.15) is 0 Å². The highest BCUT2D eigenvalue weighted by atomic mass is 32.2. The third-order valence-corrected chi connectivity index (χ3v) is 4.92. The number of fused-ring (bicyclic) bond motifs is 1. The van der Waals surface area contributed by atoms with Gasteiger partial charge in [-0.2, -0.15) is 0 Å². The second-order valence-electron chi connectivity index (χ2n) is 4.70. The van der Waals surface area contributed by atoms with Gasteiger partial charge in [0.15, 0.2) is 0 Å². The first kappa shape index (κ1) is 11.6. The molecule has 1 saturated carbocycles. The summed E-state index contributed by atoms with van der Waals surface area (Å²) in [7, 11) is 1.37. The number of hydrogen-bond donors (Lipinski definition) is 1. The Hall–Kier alpha value is -1.49. The van der Waals surface area contributed by atoms with E-state index in [-0.39, 0.29) is 17.3 Å². The molecule has 94 valence electrons. The molecule has 0 saturated heterocycles. The summed E-state index contributed by atoms with van der Waals surface area (Å²) < 4.78 is 4.77. The third kappa shape index (κ3) is 1.70. The van der Waals surface area contributed by atoms with Gasteiger partial charge in [0, 0.05) is 10.6 Å². The van der Waals surface area contributed by atoms with Gasteiger partial charge in [-0.3, -0.25) is 4.79 Å². The smallest absolute Gasteiger partial charge is 0.339 e. The van der Waals surface area contributed by atoms with Crippen molar-refractivity contribution >= 4 is 29.3 Å². The lowest BCUT2D eigenvalue weighted by atomic mass is 10.1. The summed E-state index contributed by atoms with van der Waals surface area (Å²) in [5, 5.41) is 2.93. The summed E-state index contributed by atoms with van der Waals surface area (Å²) in [5.41, 5.74) is 1.03. The Labute approximate surface area is 109 Å². The van der Waals surface area contributed by atoms with Gasteiger partial charge in [0.25, 0.3) is 0 Å². The number of benzene rings is 1. The van der Waals surface area contributed by atoms with Gasteiger partial charge in [-0.1, -0.05) is 6.07 Å². The number of thioether (sulfide) groups is 1. The minimum Gasteiger partial charge on any atom is -0.465 e. The molecule has 1 heterocycles. The van der Waals surface area contributed by atoms with E-state index in [0.717, 1.165) is 29.2 Å². The van der Waals surface area contributed by atoms with Crippen LogP contribution in [0.2, 0.25) is 0 Å². The van der Waals surface area contributed by atoms with E-state index in [1.54, 1.807) is 23.9 Å². The monoisotopic (exact) mass is 263 g/mol. The van der Waals surface area contributed by atoms with E-state index in [9.17, 15) is 9.59 Å². The first-order valence-corrected chi connectivity index (χ1v) is 6.80. The maximum Gasteiger partial charge on any atom is 0.339 e. The van der Waals surface area contributed by atoms with E-state index >= 15 is 0 Å². The molecule has 1 N–H and O–H groups in total. The molecule has 1 aliphatic heterocycles. The Bertz CT molecular complexity index is 537. The van der Waals surface area contributed by atoms with Crippen LogP contribution in [0.3, 0.4) is 0 Å². The Morgan fingerprint density at radius 3 is 2.89 bits per heavy atom. The van der Waals surface area contributed by atoms with Crippen molar-refractivity contribution in [1.82, 2.24) is 0 Å². The normalized spacial score (nSPS) is 19.7. The zero-order valence-corrected chi connectivity index (χ0v) is 10.8. The van der Waals surface area contributed by atoms with Gasteiger partial charge in [0.2, 0.25) is 5.91 Å². The molecule has 0 bridgehead atoms. The molecule has 2 aliphatic rings. The van der Waals surface area contributed by atoms with Crippen LogP contribution in [-0.2, 0) is 9.53 Å². The summed E-state index contributed by atoms with van der Waals surface area (Å²) in [6.07, 6.45) is 1.88. The van der Waals surface area contributed by atoms with Gasteiger partial charge in [0.05, 0.1) is 23.8 Å². The van der Waals surface area contributed by atoms with Crippen molar-refractivity contribution in [3.05, 3.63) is 23.8 Å². The van der Waals surface area contributed by atoms with Gasteiger partial charge >= 0.3 is 5.97 Å². The van der Waals surface area contributed by atoms with Crippen molar-refractivity contribution in [2.75, 3.05) is 18.2 Å². The highest BCUT2D eigenvalue weighted by Gasteiger charge is 2.51. The van der Waals surface area contributed by atoms with E-state index in [4.69, 9.17) is 4.74 Å². The SMILES string of the molecule is COC(=O)c1cccc2c1SCC1(CC1)C(=O)N2. The molecule has 0 radical (unpaired) electrons. The molecule has 1 aromatic rings. The Kier molecular flexibility index (Phi) is 2.59. The molecule has 5 heteroatoms. The van der Waals surface area contributed by atoms with Crippen LogP contribution in [0.15, 0.2) is 23.1 Å². The first-order chi connectivity index (χ1) is 8.66. The van der Waals surface area contributed by atoms with Crippen LogP contribution in [-0.4, -0.2) is 24.7 Å². The quantitative estimate of drug-likeness (QED) is 0.790. The van der Waals surface area contributed by atoms with E-state index in [1.807, 2.05) is 6.07 Å². The summed E-state index contributed by atoms with van der Waals surface area (Å²) >= 11 is 1.57. The average Bonchev–Trinajstić information content (AvgIpc) is 3.18. The van der Waals surface area contributed by atoms with Crippen molar-refractivity contribution in [2.24, 2.45) is 5.41 Å². The minimum atomic E-state index is -0.361. The number of carbonyl (C=O) groups is 2. The minimum absolute atomic E-state index is 0.0794. The number of methoxy groups -OCH3 is 1. The van der Waals surface area contributed by atoms with Crippen LogP contribution in [0.5, 0.6) is 0 Å². The second kappa shape index (κ2) is 4.02. The molecule has 1 fully saturated rings. The second-order valence-corrected chi connectivity index (χ2v) is 5.68. The zero-order chi connectivity index (χ0) is 12.8. The third-order valence-electron chi connectivity index (χ3n) is 3.50. The molecule has 1 aliphatic carbocycles. The fourth-order valence-electron chi connectivity index (χ4n) is 2.11. The maximum atomic E-state index is 12.1. The summed E-state index contributed by atoms with van der Waals surface area (Å²) in [5.74, 6) is 0.455. The maximum absolute atomic E-state index is 12.1. The predicted molar refractivity (Wildman–Crippen MR) is 68.8 cm³/mol. The van der Waals surface area contributed by atoms with Crippen LogP contribution in [0.1, 0.15) is 23.2 Å². The molecule has 18 heavy (non-hydrogen) atoms. The van der Waals surface area contributed by atoms with E-state index < -0.39 is 0 Å². The van der Waals surface area contributed by atoms with Gasteiger partial charge < -0.3 is 10.1 Å². The van der Waals surface area contributed by atoms with Crippen molar-refractivity contribution in [1.29, 1.82) is 0 Å². The number of ether oxygens (including phenoxy) is 1. The Morgan fingerprint density at radius 1 is 1.44 bits per heavy atom. The molecule has 0 aromatic heterocycles. The lowest BCUT2D eigenvalue weighted by Crippen LogP contribution is -2.24. The van der Waals surface area contributed by atoms with Crippen LogP contribution in [0.25, 0.3) is 0 Å². The standard InChI is InChI=1S/C13H13NO3S/c1-17-11(15)8-3-2-4-9-10(8)18-7-13(5-6-13)12(16)14-9/h2-4H,5-7H2,1H3,(H,14,16). The zero-order valence-electron chi connectivity index (χ0n) is 9.99. The Balaban J connectivity index is 2.03.